The molecule has 0 radical (unpaired) electrons. The van der Waals surface area contributed by atoms with Crippen LogP contribution >= 0.6 is 22.9 Å². The Balaban J connectivity index is 1.61. The number of ether oxygens (including phenoxy) is 1. The molecule has 7 heteroatoms. The van der Waals surface area contributed by atoms with Gasteiger partial charge in [-0.1, -0.05) is 29.8 Å². The summed E-state index contributed by atoms with van der Waals surface area (Å²) in [4.78, 5) is 8.87. The number of hydrogen-bond acceptors (Lipinski definition) is 4. The molecule has 1 saturated heterocycles. The van der Waals surface area contributed by atoms with Gasteiger partial charge < -0.3 is 15.4 Å². The third-order valence-corrected chi connectivity index (χ3v) is 6.21. The molecule has 0 amide bonds. The van der Waals surface area contributed by atoms with Crippen LogP contribution in [0.1, 0.15) is 29.1 Å². The summed E-state index contributed by atoms with van der Waals surface area (Å²) in [5.41, 5.74) is 2.27. The number of halogens is 1. The number of aromatic nitrogens is 1. The molecule has 0 unspecified atom stereocenters. The van der Waals surface area contributed by atoms with Gasteiger partial charge in [0, 0.05) is 55.6 Å². The molecular weight excluding hydrogens is 380 g/mol. The van der Waals surface area contributed by atoms with Crippen LogP contribution in [0.5, 0.6) is 0 Å². The van der Waals surface area contributed by atoms with Crippen LogP contribution in [-0.4, -0.2) is 44.3 Å². The lowest BCUT2D eigenvalue weighted by atomic mass is 9.74. The maximum atomic E-state index is 6.53. The van der Waals surface area contributed by atoms with Crippen LogP contribution in [0, 0.1) is 6.92 Å². The van der Waals surface area contributed by atoms with Crippen LogP contribution in [-0.2, 0) is 16.6 Å². The van der Waals surface area contributed by atoms with Crippen LogP contribution in [0.4, 0.5) is 0 Å². The Kier molecular flexibility index (Phi) is 7.10. The molecule has 0 saturated carbocycles. The van der Waals surface area contributed by atoms with Crippen LogP contribution < -0.4 is 10.6 Å². The molecule has 2 N–H and O–H groups in total. The van der Waals surface area contributed by atoms with Crippen molar-refractivity contribution in [3.8, 4) is 0 Å². The van der Waals surface area contributed by atoms with E-state index in [0.717, 1.165) is 67.2 Å². The quantitative estimate of drug-likeness (QED) is 0.568. The van der Waals surface area contributed by atoms with Crippen molar-refractivity contribution in [2.24, 2.45) is 4.99 Å². The molecule has 1 aliphatic rings. The van der Waals surface area contributed by atoms with Crippen molar-refractivity contribution in [1.29, 1.82) is 0 Å². The van der Waals surface area contributed by atoms with Gasteiger partial charge in [-0.2, -0.15) is 0 Å². The summed E-state index contributed by atoms with van der Waals surface area (Å²) >= 11 is 8.22. The minimum absolute atomic E-state index is 0.0414. The number of rotatable bonds is 6. The summed E-state index contributed by atoms with van der Waals surface area (Å²) < 4.78 is 5.61. The lowest BCUT2D eigenvalue weighted by Crippen LogP contribution is -2.48. The topological polar surface area (TPSA) is 58.5 Å². The SMILES string of the molecule is CN=C(NCCc1csc(C)n1)NCC1(c2ccccc2Cl)CCOCC1. The van der Waals surface area contributed by atoms with Crippen molar-refractivity contribution in [2.75, 3.05) is 33.4 Å². The summed E-state index contributed by atoms with van der Waals surface area (Å²) in [7, 11) is 1.80. The molecule has 0 spiro atoms. The van der Waals surface area contributed by atoms with Crippen LogP contribution in [0.3, 0.4) is 0 Å². The number of aryl methyl sites for hydroxylation is 1. The Morgan fingerprint density at radius 2 is 2.07 bits per heavy atom. The number of hydrogen-bond donors (Lipinski definition) is 2. The molecule has 0 bridgehead atoms. The molecule has 1 fully saturated rings. The van der Waals surface area contributed by atoms with Crippen molar-refractivity contribution in [3.05, 3.63) is 50.9 Å². The number of guanidine groups is 1. The Hall–Kier alpha value is -1.63. The third-order valence-electron chi connectivity index (χ3n) is 5.05. The van der Waals surface area contributed by atoms with Gasteiger partial charge in [0.15, 0.2) is 5.96 Å². The highest BCUT2D eigenvalue weighted by atomic mass is 35.5. The first-order valence-corrected chi connectivity index (χ1v) is 10.6. The van der Waals surface area contributed by atoms with Gasteiger partial charge in [0.05, 0.1) is 10.7 Å². The van der Waals surface area contributed by atoms with E-state index in [0.29, 0.717) is 0 Å². The molecular formula is C20H27ClN4OS. The Bertz CT molecular complexity index is 771. The second kappa shape index (κ2) is 9.53. The summed E-state index contributed by atoms with van der Waals surface area (Å²) in [6, 6.07) is 8.14. The highest BCUT2D eigenvalue weighted by Gasteiger charge is 2.36. The fourth-order valence-electron chi connectivity index (χ4n) is 3.50. The second-order valence-electron chi connectivity index (χ2n) is 6.83. The molecule has 27 heavy (non-hydrogen) atoms. The molecule has 146 valence electrons. The lowest BCUT2D eigenvalue weighted by Gasteiger charge is -2.38. The molecule has 1 aliphatic heterocycles. The zero-order chi connectivity index (χ0) is 19.1. The number of aliphatic imine (C=N–C) groups is 1. The van der Waals surface area contributed by atoms with E-state index in [9.17, 15) is 0 Å². The van der Waals surface area contributed by atoms with E-state index < -0.39 is 0 Å². The summed E-state index contributed by atoms with van der Waals surface area (Å²) in [5, 5.41) is 10.9. The first kappa shape index (κ1) is 20.1. The van der Waals surface area contributed by atoms with E-state index in [-0.39, 0.29) is 5.41 Å². The van der Waals surface area contributed by atoms with E-state index in [4.69, 9.17) is 16.3 Å². The number of nitrogens with one attached hydrogen (secondary N) is 2. The largest absolute Gasteiger partial charge is 0.381 e. The molecule has 0 atom stereocenters. The van der Waals surface area contributed by atoms with Crippen LogP contribution in [0.2, 0.25) is 5.02 Å². The highest BCUT2D eigenvalue weighted by Crippen LogP contribution is 2.38. The van der Waals surface area contributed by atoms with E-state index in [1.165, 1.54) is 5.56 Å². The molecule has 3 rings (SSSR count). The van der Waals surface area contributed by atoms with Gasteiger partial charge in [-0.05, 0) is 31.4 Å². The summed E-state index contributed by atoms with van der Waals surface area (Å²) in [6.07, 6.45) is 2.77. The third kappa shape index (κ3) is 5.21. The Morgan fingerprint density at radius 1 is 1.30 bits per heavy atom. The zero-order valence-corrected chi connectivity index (χ0v) is 17.5. The zero-order valence-electron chi connectivity index (χ0n) is 15.9. The normalized spacial score (nSPS) is 16.9. The average Bonchev–Trinajstić information content (AvgIpc) is 3.10. The van der Waals surface area contributed by atoms with Crippen LogP contribution in [0.25, 0.3) is 0 Å². The van der Waals surface area contributed by atoms with Crippen molar-refractivity contribution in [1.82, 2.24) is 15.6 Å². The predicted molar refractivity (Wildman–Crippen MR) is 113 cm³/mol. The second-order valence-corrected chi connectivity index (χ2v) is 8.30. The fourth-order valence-corrected chi connectivity index (χ4v) is 4.48. The maximum absolute atomic E-state index is 6.53. The van der Waals surface area contributed by atoms with E-state index >= 15 is 0 Å². The first-order chi connectivity index (χ1) is 13.1. The monoisotopic (exact) mass is 406 g/mol. The van der Waals surface area contributed by atoms with Gasteiger partial charge in [0.1, 0.15) is 0 Å². The fraction of sp³-hybridized carbons (Fsp3) is 0.500. The van der Waals surface area contributed by atoms with Gasteiger partial charge in [-0.3, -0.25) is 4.99 Å². The van der Waals surface area contributed by atoms with Gasteiger partial charge in [0.2, 0.25) is 0 Å². The Morgan fingerprint density at radius 3 is 2.74 bits per heavy atom. The summed E-state index contributed by atoms with van der Waals surface area (Å²) in [6.45, 7) is 5.11. The standard InChI is InChI=1S/C20H27ClN4OS/c1-15-25-16(13-27-15)7-10-23-19(22-2)24-14-20(8-11-26-12-9-20)17-5-3-4-6-18(17)21/h3-6,13H,7-12,14H2,1-2H3,(H2,22,23,24). The first-order valence-electron chi connectivity index (χ1n) is 9.31. The highest BCUT2D eigenvalue weighted by molar-refractivity contribution is 7.09. The minimum atomic E-state index is -0.0414. The molecule has 2 aromatic rings. The predicted octanol–water partition coefficient (Wildman–Crippen LogP) is 3.56. The minimum Gasteiger partial charge on any atom is -0.381 e. The molecule has 2 heterocycles. The van der Waals surface area contributed by atoms with E-state index in [1.807, 2.05) is 19.1 Å². The van der Waals surface area contributed by atoms with Crippen molar-refractivity contribution < 1.29 is 4.74 Å². The number of benzene rings is 1. The number of thiazole rings is 1. The lowest BCUT2D eigenvalue weighted by molar-refractivity contribution is 0.0514. The van der Waals surface area contributed by atoms with Crippen molar-refractivity contribution >= 4 is 28.9 Å². The molecule has 1 aromatic carbocycles. The van der Waals surface area contributed by atoms with Crippen LogP contribution in [0.15, 0.2) is 34.6 Å². The van der Waals surface area contributed by atoms with E-state index in [1.54, 1.807) is 18.4 Å². The van der Waals surface area contributed by atoms with Gasteiger partial charge in [0.25, 0.3) is 0 Å². The van der Waals surface area contributed by atoms with Gasteiger partial charge in [-0.25, -0.2) is 4.98 Å². The van der Waals surface area contributed by atoms with E-state index in [2.05, 4.69) is 38.1 Å². The number of nitrogens with zero attached hydrogens (tertiary/aromatic N) is 2. The summed E-state index contributed by atoms with van der Waals surface area (Å²) in [5.74, 6) is 0.805. The molecule has 0 aliphatic carbocycles. The molecule has 1 aromatic heterocycles. The molecule has 5 nitrogen and oxygen atoms in total. The van der Waals surface area contributed by atoms with Crippen molar-refractivity contribution in [3.63, 3.8) is 0 Å². The van der Waals surface area contributed by atoms with Crippen molar-refractivity contribution in [2.45, 2.75) is 31.6 Å². The Labute approximate surface area is 170 Å². The van der Waals surface area contributed by atoms with Gasteiger partial charge in [-0.15, -0.1) is 11.3 Å². The smallest absolute Gasteiger partial charge is 0.191 e. The average molecular weight is 407 g/mol. The maximum Gasteiger partial charge on any atom is 0.191 e. The van der Waals surface area contributed by atoms with Gasteiger partial charge >= 0.3 is 0 Å².